The molecule has 12 nitrogen and oxygen atoms in total. The average Bonchev–Trinajstić information content (AvgIpc) is 3.57. The van der Waals surface area contributed by atoms with Crippen LogP contribution >= 0.6 is 0 Å². The predicted molar refractivity (Wildman–Crippen MR) is 189 cm³/mol. The van der Waals surface area contributed by atoms with Crippen molar-refractivity contribution in [2.45, 2.75) is 65.1 Å². The molecule has 1 aromatic heterocycles. The first-order valence-corrected chi connectivity index (χ1v) is 16.8. The Hall–Kier alpha value is -4.29. The van der Waals surface area contributed by atoms with E-state index in [9.17, 15) is 14.4 Å². The minimum atomic E-state index is -0.772. The van der Waals surface area contributed by atoms with Gasteiger partial charge in [0.1, 0.15) is 23.9 Å². The molecule has 2 saturated heterocycles. The lowest BCUT2D eigenvalue weighted by Crippen LogP contribution is -2.58. The zero-order valence-electron chi connectivity index (χ0n) is 29.3. The molecule has 48 heavy (non-hydrogen) atoms. The van der Waals surface area contributed by atoms with Crippen molar-refractivity contribution in [2.75, 3.05) is 64.1 Å². The van der Waals surface area contributed by atoms with Crippen LogP contribution in [0, 0.1) is 5.41 Å². The van der Waals surface area contributed by atoms with E-state index < -0.39 is 23.5 Å². The number of carbonyl (C=O) groups is 3. The number of ether oxygens (including phenoxy) is 1. The van der Waals surface area contributed by atoms with Gasteiger partial charge in [-0.05, 0) is 69.6 Å². The third-order valence-electron chi connectivity index (χ3n) is 9.53. The first-order chi connectivity index (χ1) is 22.9. The van der Waals surface area contributed by atoms with Gasteiger partial charge in [-0.15, -0.1) is 0 Å². The van der Waals surface area contributed by atoms with Crippen LogP contribution in [-0.2, 0) is 20.8 Å². The summed E-state index contributed by atoms with van der Waals surface area (Å²) in [6.45, 7) is 12.1. The molecule has 5 rings (SSSR count). The van der Waals surface area contributed by atoms with Crippen molar-refractivity contribution in [1.29, 1.82) is 0 Å². The minimum absolute atomic E-state index is 0.0744. The second-order valence-electron chi connectivity index (χ2n) is 14.0. The normalized spacial score (nSPS) is 18.4. The van der Waals surface area contributed by atoms with Gasteiger partial charge in [-0.25, -0.2) is 9.97 Å². The van der Waals surface area contributed by atoms with Crippen molar-refractivity contribution in [3.8, 4) is 5.75 Å². The SMILES string of the molecule is CN[C@@H](C)C(=O)N[C@H](C(=O)N1CCC[C@H]1C(=O)Cc1cc2c(Nc3ccc(N4CCN(C)CC4)cc3)ncnc2cc1OC)C(C)(C)C. The van der Waals surface area contributed by atoms with Crippen LogP contribution in [0.15, 0.2) is 42.7 Å². The number of carbonyl (C=O) groups excluding carboxylic acids is 3. The Balaban J connectivity index is 1.35. The molecule has 3 N–H and O–H groups in total. The lowest BCUT2D eigenvalue weighted by molar-refractivity contribution is -0.143. The van der Waals surface area contributed by atoms with Gasteiger partial charge in [0.05, 0.1) is 24.7 Å². The van der Waals surface area contributed by atoms with Crippen molar-refractivity contribution < 1.29 is 19.1 Å². The summed E-state index contributed by atoms with van der Waals surface area (Å²) in [5, 5.41) is 10.1. The number of amides is 2. The maximum atomic E-state index is 13.9. The lowest BCUT2D eigenvalue weighted by Gasteiger charge is -2.36. The summed E-state index contributed by atoms with van der Waals surface area (Å²) < 4.78 is 5.71. The molecule has 2 aromatic carbocycles. The average molecular weight is 659 g/mol. The molecule has 258 valence electrons. The monoisotopic (exact) mass is 658 g/mol. The Bertz CT molecular complexity index is 1610. The van der Waals surface area contributed by atoms with Crippen molar-refractivity contribution in [3.63, 3.8) is 0 Å². The molecule has 0 radical (unpaired) electrons. The standard InChI is InChI=1S/C36H50N8O4/c1-23(37-5)34(46)41-32(36(2,3)4)35(47)44-14-8-9-29(44)30(45)20-24-19-27-28(21-31(24)48-7)38-22-39-33(27)40-25-10-12-26(13-11-25)43-17-15-42(6)16-18-43/h10-13,19,21-23,29,32,37H,8-9,14-18,20H2,1-7H3,(H,41,46)(H,38,39,40)/t23-,29-,32+/m0/s1. The molecule has 12 heteroatoms. The number of likely N-dealkylation sites (tertiary alicyclic amines) is 1. The Morgan fingerprint density at radius 1 is 1.02 bits per heavy atom. The van der Waals surface area contributed by atoms with E-state index in [0.29, 0.717) is 42.0 Å². The van der Waals surface area contributed by atoms with Crippen LogP contribution in [0.1, 0.15) is 46.1 Å². The van der Waals surface area contributed by atoms with Gasteiger partial charge in [-0.3, -0.25) is 14.4 Å². The maximum absolute atomic E-state index is 13.9. The summed E-state index contributed by atoms with van der Waals surface area (Å²) in [5.41, 5.74) is 2.92. The molecule has 3 aromatic rings. The number of aromatic nitrogens is 2. The number of rotatable bonds is 11. The van der Waals surface area contributed by atoms with E-state index in [1.165, 1.54) is 12.0 Å². The zero-order chi connectivity index (χ0) is 34.6. The van der Waals surface area contributed by atoms with Crippen molar-refractivity contribution in [3.05, 3.63) is 48.3 Å². The fourth-order valence-corrected chi connectivity index (χ4v) is 6.40. The quantitative estimate of drug-likeness (QED) is 0.282. The number of likely N-dealkylation sites (N-methyl/N-ethyl adjacent to an activating group) is 2. The number of methoxy groups -OCH3 is 1. The number of benzene rings is 2. The number of hydrogen-bond acceptors (Lipinski definition) is 10. The molecule has 0 bridgehead atoms. The van der Waals surface area contributed by atoms with Gasteiger partial charge < -0.3 is 35.4 Å². The van der Waals surface area contributed by atoms with Crippen molar-refractivity contribution in [2.24, 2.45) is 5.41 Å². The van der Waals surface area contributed by atoms with Gasteiger partial charge in [-0.2, -0.15) is 0 Å². The summed E-state index contributed by atoms with van der Waals surface area (Å²) in [5.74, 6) is 0.604. The van der Waals surface area contributed by atoms with E-state index in [1.807, 2.05) is 45.0 Å². The summed E-state index contributed by atoms with van der Waals surface area (Å²) in [7, 11) is 5.42. The molecule has 3 atom stereocenters. The van der Waals surface area contributed by atoms with Crippen LogP contribution in [0.5, 0.6) is 5.75 Å². The number of ketones is 1. The first-order valence-electron chi connectivity index (χ1n) is 16.8. The molecule has 2 aliphatic rings. The number of anilines is 3. The molecular weight excluding hydrogens is 608 g/mol. The molecule has 0 aliphatic carbocycles. The first kappa shape index (κ1) is 35.0. The largest absolute Gasteiger partial charge is 0.496 e. The Labute approximate surface area is 283 Å². The Kier molecular flexibility index (Phi) is 10.8. The highest BCUT2D eigenvalue weighted by Gasteiger charge is 2.42. The number of nitrogens with zero attached hydrogens (tertiary/aromatic N) is 5. The second kappa shape index (κ2) is 14.9. The third kappa shape index (κ3) is 7.87. The highest BCUT2D eigenvalue weighted by Crippen LogP contribution is 2.32. The summed E-state index contributed by atoms with van der Waals surface area (Å²) >= 11 is 0. The zero-order valence-corrected chi connectivity index (χ0v) is 29.3. The van der Waals surface area contributed by atoms with Crippen LogP contribution in [0.3, 0.4) is 0 Å². The predicted octanol–water partition coefficient (Wildman–Crippen LogP) is 3.38. The molecule has 3 heterocycles. The highest BCUT2D eigenvalue weighted by atomic mass is 16.5. The molecule has 0 spiro atoms. The molecule has 0 unspecified atom stereocenters. The topological polar surface area (TPSA) is 132 Å². The van der Waals surface area contributed by atoms with Gasteiger partial charge in [0.25, 0.3) is 0 Å². The van der Waals surface area contributed by atoms with E-state index in [-0.39, 0.29) is 24.0 Å². The third-order valence-corrected chi connectivity index (χ3v) is 9.53. The van der Waals surface area contributed by atoms with E-state index in [2.05, 4.69) is 54.9 Å². The van der Waals surface area contributed by atoms with Crippen LogP contribution in [0.2, 0.25) is 0 Å². The van der Waals surface area contributed by atoms with Gasteiger partial charge in [0.15, 0.2) is 5.78 Å². The van der Waals surface area contributed by atoms with Crippen LogP contribution in [0.4, 0.5) is 17.2 Å². The van der Waals surface area contributed by atoms with Gasteiger partial charge in [0, 0.05) is 67.5 Å². The summed E-state index contributed by atoms with van der Waals surface area (Å²) in [6.07, 6.45) is 2.87. The number of Topliss-reactive ketones (excluding diaryl/α,β-unsaturated/α-hetero) is 1. The molecule has 0 saturated carbocycles. The van der Waals surface area contributed by atoms with E-state index in [1.54, 1.807) is 26.0 Å². The van der Waals surface area contributed by atoms with E-state index in [0.717, 1.165) is 37.3 Å². The lowest BCUT2D eigenvalue weighted by atomic mass is 9.85. The van der Waals surface area contributed by atoms with E-state index >= 15 is 0 Å². The second-order valence-corrected chi connectivity index (χ2v) is 14.0. The van der Waals surface area contributed by atoms with Crippen LogP contribution < -0.4 is 25.6 Å². The summed E-state index contributed by atoms with van der Waals surface area (Å²) in [4.78, 5) is 56.0. The van der Waals surface area contributed by atoms with Gasteiger partial charge in [-0.1, -0.05) is 20.8 Å². The molecule has 2 aliphatic heterocycles. The fourth-order valence-electron chi connectivity index (χ4n) is 6.40. The van der Waals surface area contributed by atoms with Crippen molar-refractivity contribution >= 4 is 45.7 Å². The van der Waals surface area contributed by atoms with Gasteiger partial charge >= 0.3 is 0 Å². The maximum Gasteiger partial charge on any atom is 0.246 e. The molecule has 2 fully saturated rings. The molecule has 2 amide bonds. The Morgan fingerprint density at radius 3 is 2.38 bits per heavy atom. The number of fused-ring (bicyclic) bond motifs is 1. The van der Waals surface area contributed by atoms with Crippen LogP contribution in [-0.4, -0.2) is 109 Å². The summed E-state index contributed by atoms with van der Waals surface area (Å²) in [6, 6.07) is 10.3. The molecular formula is C36H50N8O4. The van der Waals surface area contributed by atoms with E-state index in [4.69, 9.17) is 4.74 Å². The minimum Gasteiger partial charge on any atom is -0.496 e. The van der Waals surface area contributed by atoms with Crippen LogP contribution in [0.25, 0.3) is 10.9 Å². The van der Waals surface area contributed by atoms with Crippen molar-refractivity contribution in [1.82, 2.24) is 30.4 Å². The smallest absolute Gasteiger partial charge is 0.246 e. The van der Waals surface area contributed by atoms with Gasteiger partial charge in [0.2, 0.25) is 11.8 Å². The Morgan fingerprint density at radius 2 is 1.73 bits per heavy atom. The number of nitrogens with one attached hydrogen (secondary N) is 3. The number of hydrogen-bond donors (Lipinski definition) is 3. The fraction of sp³-hybridized carbons (Fsp3) is 0.528. The number of piperazine rings is 1. The highest BCUT2D eigenvalue weighted by molar-refractivity contribution is 5.97.